The Kier molecular flexibility index (Phi) is 9.34. The molecule has 6 heteroatoms. The second-order valence-electron chi connectivity index (χ2n) is 5.16. The van der Waals surface area contributed by atoms with E-state index in [0.717, 1.165) is 6.29 Å². The number of aldehydes is 1. The van der Waals surface area contributed by atoms with Crippen LogP contribution in [0.25, 0.3) is 0 Å². The van der Waals surface area contributed by atoms with Crippen molar-refractivity contribution in [2.75, 3.05) is 19.4 Å². The maximum absolute atomic E-state index is 12.2. The molecule has 0 aromatic rings. The lowest BCUT2D eigenvalue weighted by Crippen LogP contribution is -2.09. The van der Waals surface area contributed by atoms with Crippen molar-refractivity contribution in [1.82, 2.24) is 0 Å². The van der Waals surface area contributed by atoms with E-state index in [0.29, 0.717) is 6.42 Å². The summed E-state index contributed by atoms with van der Waals surface area (Å²) in [4.78, 5) is 22.1. The predicted molar refractivity (Wildman–Crippen MR) is 83.5 cm³/mol. The zero-order valence-corrected chi connectivity index (χ0v) is 14.1. The minimum atomic E-state index is -3.34. The Morgan fingerprint density at radius 1 is 1.19 bits per heavy atom. The number of hydrogen-bond acceptors (Lipinski definition) is 5. The molecule has 0 bridgehead atoms. The van der Waals surface area contributed by atoms with Gasteiger partial charge in [-0.3, -0.25) is 14.2 Å². The number of rotatable bonds is 11. The normalized spacial score (nSPS) is 13.1. The van der Waals surface area contributed by atoms with Crippen molar-refractivity contribution in [3.63, 3.8) is 0 Å². The Morgan fingerprint density at radius 2 is 1.76 bits per heavy atom. The molecule has 0 fully saturated rings. The van der Waals surface area contributed by atoms with E-state index in [-0.39, 0.29) is 30.6 Å². The summed E-state index contributed by atoms with van der Waals surface area (Å²) in [7, 11) is -3.34. The fourth-order valence-electron chi connectivity index (χ4n) is 1.63. The summed E-state index contributed by atoms with van der Waals surface area (Å²) in [5.41, 5.74) is -0.221. The molecular formula is C15H25O5P. The van der Waals surface area contributed by atoms with Crippen molar-refractivity contribution in [3.8, 4) is 0 Å². The van der Waals surface area contributed by atoms with E-state index in [1.54, 1.807) is 26.0 Å². The topological polar surface area (TPSA) is 69.7 Å². The molecule has 0 rings (SSSR count). The monoisotopic (exact) mass is 316 g/mol. The first-order chi connectivity index (χ1) is 9.78. The Labute approximate surface area is 126 Å². The van der Waals surface area contributed by atoms with Crippen LogP contribution in [0.15, 0.2) is 24.3 Å². The van der Waals surface area contributed by atoms with Gasteiger partial charge in [0.25, 0.3) is 0 Å². The Bertz CT molecular complexity index is 427. The molecule has 0 N–H and O–H groups in total. The fraction of sp³-hybridized carbons (Fsp3) is 0.600. The summed E-state index contributed by atoms with van der Waals surface area (Å²) in [6.07, 6.45) is 7.37. The Morgan fingerprint density at radius 3 is 2.24 bits per heavy atom. The van der Waals surface area contributed by atoms with E-state index in [9.17, 15) is 14.2 Å². The average Bonchev–Trinajstić information content (AvgIpc) is 2.36. The van der Waals surface area contributed by atoms with E-state index in [1.807, 2.05) is 13.8 Å². The first kappa shape index (κ1) is 20.0. The molecule has 0 spiro atoms. The van der Waals surface area contributed by atoms with Crippen LogP contribution in [0, 0.1) is 5.41 Å². The molecule has 0 heterocycles. The molecule has 120 valence electrons. The van der Waals surface area contributed by atoms with Crippen LogP contribution in [0.3, 0.4) is 0 Å². The van der Waals surface area contributed by atoms with Gasteiger partial charge in [-0.05, 0) is 37.8 Å². The van der Waals surface area contributed by atoms with E-state index in [4.69, 9.17) is 9.05 Å². The molecule has 0 amide bonds. The molecule has 0 radical (unpaired) electrons. The van der Waals surface area contributed by atoms with Gasteiger partial charge in [0.15, 0.2) is 5.78 Å². The van der Waals surface area contributed by atoms with Gasteiger partial charge in [0.2, 0.25) is 0 Å². The Hall–Kier alpha value is -1.03. The standard InChI is InChI=1S/C15H25O5P/c1-5-19-21(18,20-6-2)13-14(17)9-7-10-15(3,4)11-8-12-16/h7-9,11-12H,5-6,10,13H2,1-4H3/b9-7+,11-8+. The third-order valence-electron chi connectivity index (χ3n) is 2.57. The minimum absolute atomic E-state index is 0.221. The largest absolute Gasteiger partial charge is 0.338 e. The van der Waals surface area contributed by atoms with Crippen molar-refractivity contribution in [2.45, 2.75) is 34.1 Å². The third kappa shape index (κ3) is 9.51. The van der Waals surface area contributed by atoms with Crippen LogP contribution in [0.5, 0.6) is 0 Å². The lowest BCUT2D eigenvalue weighted by molar-refractivity contribution is -0.112. The maximum Gasteiger partial charge on any atom is 0.338 e. The van der Waals surface area contributed by atoms with Crippen LogP contribution in [0.4, 0.5) is 0 Å². The summed E-state index contributed by atoms with van der Waals surface area (Å²) < 4.78 is 22.3. The van der Waals surface area contributed by atoms with Crippen molar-refractivity contribution in [1.29, 1.82) is 0 Å². The maximum atomic E-state index is 12.2. The second kappa shape index (κ2) is 9.82. The van der Waals surface area contributed by atoms with Gasteiger partial charge in [0.1, 0.15) is 12.4 Å². The van der Waals surface area contributed by atoms with Crippen LogP contribution in [0.1, 0.15) is 34.1 Å². The fourth-order valence-corrected chi connectivity index (χ4v) is 3.16. The molecule has 21 heavy (non-hydrogen) atoms. The molecule has 0 aliphatic heterocycles. The highest BCUT2D eigenvalue weighted by Gasteiger charge is 2.26. The average molecular weight is 316 g/mol. The minimum Gasteiger partial charge on any atom is -0.309 e. The summed E-state index contributed by atoms with van der Waals surface area (Å²) >= 11 is 0. The van der Waals surface area contributed by atoms with Gasteiger partial charge in [0, 0.05) is 0 Å². The lowest BCUT2D eigenvalue weighted by Gasteiger charge is -2.17. The zero-order chi connectivity index (χ0) is 16.4. The van der Waals surface area contributed by atoms with Gasteiger partial charge < -0.3 is 9.05 Å². The number of carbonyl (C=O) groups is 2. The third-order valence-corrected chi connectivity index (χ3v) is 4.58. The first-order valence-corrected chi connectivity index (χ1v) is 8.72. The van der Waals surface area contributed by atoms with Crippen LogP contribution in [-0.2, 0) is 23.2 Å². The number of carbonyl (C=O) groups excluding carboxylic acids is 2. The van der Waals surface area contributed by atoms with Gasteiger partial charge in [-0.15, -0.1) is 0 Å². The van der Waals surface area contributed by atoms with E-state index < -0.39 is 7.60 Å². The van der Waals surface area contributed by atoms with E-state index in [1.165, 1.54) is 12.2 Å². The highest BCUT2D eigenvalue weighted by molar-refractivity contribution is 7.54. The quantitative estimate of drug-likeness (QED) is 0.331. The van der Waals surface area contributed by atoms with Crippen molar-refractivity contribution in [2.24, 2.45) is 5.41 Å². The lowest BCUT2D eigenvalue weighted by atomic mass is 9.89. The van der Waals surface area contributed by atoms with Crippen LogP contribution in [-0.4, -0.2) is 31.4 Å². The van der Waals surface area contributed by atoms with Crippen LogP contribution < -0.4 is 0 Å². The summed E-state index contributed by atoms with van der Waals surface area (Å²) in [5, 5.41) is 0. The van der Waals surface area contributed by atoms with Gasteiger partial charge in [-0.1, -0.05) is 26.0 Å². The molecule has 0 aliphatic carbocycles. The highest BCUT2D eigenvalue weighted by atomic mass is 31.2. The smallest absolute Gasteiger partial charge is 0.309 e. The summed E-state index contributed by atoms with van der Waals surface area (Å²) in [6, 6.07) is 0. The predicted octanol–water partition coefficient (Wildman–Crippen LogP) is 3.55. The summed E-state index contributed by atoms with van der Waals surface area (Å²) in [6.45, 7) is 7.78. The van der Waals surface area contributed by atoms with Crippen molar-refractivity contribution in [3.05, 3.63) is 24.3 Å². The number of hydrogen-bond donors (Lipinski definition) is 0. The molecule has 0 aliphatic rings. The molecule has 5 nitrogen and oxygen atoms in total. The first-order valence-electron chi connectivity index (χ1n) is 6.99. The number of allylic oxidation sites excluding steroid dienone is 4. The molecule has 0 saturated heterocycles. The molecule has 0 atom stereocenters. The molecule has 0 saturated carbocycles. The molecule has 0 aromatic carbocycles. The second-order valence-corrected chi connectivity index (χ2v) is 7.22. The van der Waals surface area contributed by atoms with E-state index in [2.05, 4.69) is 0 Å². The molecular weight excluding hydrogens is 291 g/mol. The van der Waals surface area contributed by atoms with Gasteiger partial charge >= 0.3 is 7.60 Å². The van der Waals surface area contributed by atoms with Crippen molar-refractivity contribution < 1.29 is 23.2 Å². The highest BCUT2D eigenvalue weighted by Crippen LogP contribution is 2.47. The van der Waals surface area contributed by atoms with Crippen LogP contribution >= 0.6 is 7.60 Å². The van der Waals surface area contributed by atoms with E-state index >= 15 is 0 Å². The summed E-state index contributed by atoms with van der Waals surface area (Å²) in [5.74, 6) is -0.296. The zero-order valence-electron chi connectivity index (χ0n) is 13.2. The SMILES string of the molecule is CCOP(=O)(CC(=O)/C=C/CC(C)(C)/C=C/C=O)OCC. The van der Waals surface area contributed by atoms with Gasteiger partial charge in [0.05, 0.1) is 13.2 Å². The van der Waals surface area contributed by atoms with Gasteiger partial charge in [-0.25, -0.2) is 0 Å². The molecule has 0 aromatic heterocycles. The van der Waals surface area contributed by atoms with Gasteiger partial charge in [-0.2, -0.15) is 0 Å². The number of ketones is 1. The Balaban J connectivity index is 4.54. The molecule has 0 unspecified atom stereocenters. The van der Waals surface area contributed by atoms with Crippen molar-refractivity contribution >= 4 is 19.7 Å². The van der Waals surface area contributed by atoms with Crippen LogP contribution in [0.2, 0.25) is 0 Å².